The molecule has 0 aromatic heterocycles. The minimum Gasteiger partial charge on any atom is -0.396 e. The summed E-state index contributed by atoms with van der Waals surface area (Å²) in [5.41, 5.74) is -0.0276. The van der Waals surface area contributed by atoms with Gasteiger partial charge in [-0.25, -0.2) is 0 Å². The number of carbonyl (C=O) groups excluding carboxylic acids is 2. The molecule has 0 saturated carbocycles. The molecule has 1 saturated heterocycles. The zero-order chi connectivity index (χ0) is 13.2. The van der Waals surface area contributed by atoms with Crippen molar-refractivity contribution in [3.63, 3.8) is 0 Å². The molecule has 0 aromatic rings. The van der Waals surface area contributed by atoms with Gasteiger partial charge in [0.05, 0.1) is 5.41 Å². The Hall–Kier alpha value is -1.42. The van der Waals surface area contributed by atoms with Crippen LogP contribution in [0.4, 0.5) is 0 Å². The van der Waals surface area contributed by atoms with E-state index in [4.69, 9.17) is 5.11 Å². The number of aliphatic hydroxyl groups excluding tert-OH is 1. The van der Waals surface area contributed by atoms with E-state index in [1.54, 1.807) is 6.08 Å². The minimum atomic E-state index is -0.650. The molecule has 2 aliphatic rings. The third-order valence-electron chi connectivity index (χ3n) is 3.75. The van der Waals surface area contributed by atoms with Crippen LogP contribution in [0.25, 0.3) is 0 Å². The first-order chi connectivity index (χ1) is 8.61. The smallest absolute Gasteiger partial charge is 0.257 e. The van der Waals surface area contributed by atoms with Crippen LogP contribution in [0, 0.1) is 5.41 Å². The Morgan fingerprint density at radius 2 is 2.11 bits per heavy atom. The van der Waals surface area contributed by atoms with Gasteiger partial charge in [0, 0.05) is 18.7 Å². The molecule has 1 aliphatic heterocycles. The van der Waals surface area contributed by atoms with Crippen LogP contribution < -0.4 is 0 Å². The maximum atomic E-state index is 12.3. The van der Waals surface area contributed by atoms with Crippen molar-refractivity contribution in [2.24, 2.45) is 5.41 Å². The molecular formula is C14H19NO3. The number of hydrogen-bond donors (Lipinski definition) is 1. The summed E-state index contributed by atoms with van der Waals surface area (Å²) in [5, 5.41) is 8.71. The fraction of sp³-hybridized carbons (Fsp3) is 0.571. The number of allylic oxidation sites excluding steroid dienone is 3. The van der Waals surface area contributed by atoms with Gasteiger partial charge in [0.1, 0.15) is 0 Å². The van der Waals surface area contributed by atoms with Gasteiger partial charge < -0.3 is 5.11 Å². The molecule has 98 valence electrons. The monoisotopic (exact) mass is 249 g/mol. The lowest BCUT2D eigenvalue weighted by Gasteiger charge is -2.22. The zero-order valence-electron chi connectivity index (χ0n) is 10.7. The molecule has 0 radical (unpaired) electrons. The Labute approximate surface area is 107 Å². The summed E-state index contributed by atoms with van der Waals surface area (Å²) in [6, 6.07) is 0. The Morgan fingerprint density at radius 1 is 1.33 bits per heavy atom. The molecule has 2 amide bonds. The van der Waals surface area contributed by atoms with E-state index < -0.39 is 5.41 Å². The van der Waals surface area contributed by atoms with Crippen molar-refractivity contribution in [1.82, 2.24) is 4.90 Å². The number of nitrogens with zero attached hydrogens (tertiary/aromatic N) is 1. The van der Waals surface area contributed by atoms with Crippen molar-refractivity contribution in [3.05, 3.63) is 23.8 Å². The first kappa shape index (κ1) is 13.0. The van der Waals surface area contributed by atoms with Gasteiger partial charge in [-0.15, -0.1) is 0 Å². The van der Waals surface area contributed by atoms with E-state index >= 15 is 0 Å². The van der Waals surface area contributed by atoms with Crippen molar-refractivity contribution >= 4 is 11.8 Å². The second kappa shape index (κ2) is 5.06. The molecule has 0 aromatic carbocycles. The molecule has 1 fully saturated rings. The molecule has 0 bridgehead atoms. The number of fused-ring (bicyclic) bond motifs is 1. The second-order valence-electron chi connectivity index (χ2n) is 5.09. The van der Waals surface area contributed by atoms with E-state index in [0.29, 0.717) is 18.5 Å². The third-order valence-corrected chi connectivity index (χ3v) is 3.75. The van der Waals surface area contributed by atoms with E-state index in [2.05, 4.69) is 0 Å². The average Bonchev–Trinajstić information content (AvgIpc) is 2.55. The van der Waals surface area contributed by atoms with Crippen LogP contribution in [-0.2, 0) is 9.59 Å². The average molecular weight is 249 g/mol. The highest BCUT2D eigenvalue weighted by Crippen LogP contribution is 2.42. The molecular weight excluding hydrogens is 230 g/mol. The largest absolute Gasteiger partial charge is 0.396 e. The number of imide groups is 1. The Bertz CT molecular complexity index is 425. The number of amides is 2. The van der Waals surface area contributed by atoms with Crippen LogP contribution in [0.15, 0.2) is 23.8 Å². The SMILES string of the molecule is CC12CC=CC=C1C(=O)N(CCCCCO)C2=O. The third kappa shape index (κ3) is 2.01. The lowest BCUT2D eigenvalue weighted by molar-refractivity contribution is -0.141. The second-order valence-corrected chi connectivity index (χ2v) is 5.09. The summed E-state index contributed by atoms with van der Waals surface area (Å²) in [6.07, 6.45) is 8.46. The first-order valence-corrected chi connectivity index (χ1v) is 6.46. The van der Waals surface area contributed by atoms with Crippen LogP contribution in [0.3, 0.4) is 0 Å². The van der Waals surface area contributed by atoms with Crippen LogP contribution in [0.2, 0.25) is 0 Å². The number of rotatable bonds is 5. The minimum absolute atomic E-state index is 0.0768. The van der Waals surface area contributed by atoms with Crippen LogP contribution >= 0.6 is 0 Å². The first-order valence-electron chi connectivity index (χ1n) is 6.46. The predicted octanol–water partition coefficient (Wildman–Crippen LogP) is 1.41. The summed E-state index contributed by atoms with van der Waals surface area (Å²) < 4.78 is 0. The van der Waals surface area contributed by atoms with Crippen LogP contribution in [0.5, 0.6) is 0 Å². The lowest BCUT2D eigenvalue weighted by atomic mass is 9.78. The fourth-order valence-corrected chi connectivity index (χ4v) is 2.57. The van der Waals surface area contributed by atoms with Crippen LogP contribution in [-0.4, -0.2) is 35.0 Å². The van der Waals surface area contributed by atoms with Gasteiger partial charge >= 0.3 is 0 Å². The summed E-state index contributed by atoms with van der Waals surface area (Å²) >= 11 is 0. The molecule has 4 nitrogen and oxygen atoms in total. The molecule has 1 heterocycles. The molecule has 1 N–H and O–H groups in total. The number of carbonyl (C=O) groups is 2. The van der Waals surface area contributed by atoms with Crippen molar-refractivity contribution < 1.29 is 14.7 Å². The van der Waals surface area contributed by atoms with Crippen molar-refractivity contribution in [1.29, 1.82) is 0 Å². The van der Waals surface area contributed by atoms with Gasteiger partial charge in [-0.3, -0.25) is 14.5 Å². The van der Waals surface area contributed by atoms with Gasteiger partial charge in [0.15, 0.2) is 0 Å². The molecule has 2 rings (SSSR count). The number of aliphatic hydroxyl groups is 1. The van der Waals surface area contributed by atoms with Gasteiger partial charge in [-0.2, -0.15) is 0 Å². The Balaban J connectivity index is 2.06. The topological polar surface area (TPSA) is 57.6 Å². The number of hydrogen-bond acceptors (Lipinski definition) is 3. The maximum Gasteiger partial charge on any atom is 0.257 e. The Morgan fingerprint density at radius 3 is 2.78 bits per heavy atom. The van der Waals surface area contributed by atoms with Gasteiger partial charge in [-0.05, 0) is 32.6 Å². The molecule has 1 aliphatic carbocycles. The van der Waals surface area contributed by atoms with E-state index in [-0.39, 0.29) is 18.4 Å². The van der Waals surface area contributed by atoms with Crippen molar-refractivity contribution in [3.8, 4) is 0 Å². The van der Waals surface area contributed by atoms with Crippen molar-refractivity contribution in [2.45, 2.75) is 32.6 Å². The van der Waals surface area contributed by atoms with Crippen LogP contribution in [0.1, 0.15) is 32.6 Å². The molecule has 4 heteroatoms. The van der Waals surface area contributed by atoms with E-state index in [9.17, 15) is 9.59 Å². The Kier molecular flexibility index (Phi) is 3.66. The zero-order valence-corrected chi connectivity index (χ0v) is 10.7. The highest BCUT2D eigenvalue weighted by atomic mass is 16.3. The molecule has 0 spiro atoms. The molecule has 1 unspecified atom stereocenters. The van der Waals surface area contributed by atoms with Gasteiger partial charge in [0.25, 0.3) is 5.91 Å². The van der Waals surface area contributed by atoms with Gasteiger partial charge in [-0.1, -0.05) is 18.2 Å². The van der Waals surface area contributed by atoms with E-state index in [1.165, 1.54) is 4.90 Å². The number of likely N-dealkylation sites (tertiary alicyclic amines) is 1. The highest BCUT2D eigenvalue weighted by molar-refractivity contribution is 6.17. The quantitative estimate of drug-likeness (QED) is 0.592. The summed E-state index contributed by atoms with van der Waals surface area (Å²) in [7, 11) is 0. The standard InChI is InChI=1S/C14H19NO3/c1-14-8-4-3-7-11(14)12(17)15(13(14)18)9-5-2-6-10-16/h3-4,7,16H,2,5-6,8-10H2,1H3. The summed E-state index contributed by atoms with van der Waals surface area (Å²) in [4.78, 5) is 25.9. The molecule has 18 heavy (non-hydrogen) atoms. The van der Waals surface area contributed by atoms with E-state index in [1.807, 2.05) is 19.1 Å². The summed E-state index contributed by atoms with van der Waals surface area (Å²) in [5.74, 6) is -0.219. The highest BCUT2D eigenvalue weighted by Gasteiger charge is 2.51. The van der Waals surface area contributed by atoms with Gasteiger partial charge in [0.2, 0.25) is 5.91 Å². The fourth-order valence-electron chi connectivity index (χ4n) is 2.57. The van der Waals surface area contributed by atoms with E-state index in [0.717, 1.165) is 19.3 Å². The lowest BCUT2D eigenvalue weighted by Crippen LogP contribution is -2.35. The number of unbranched alkanes of at least 4 members (excludes halogenated alkanes) is 2. The molecule has 1 atom stereocenters. The van der Waals surface area contributed by atoms with Crippen molar-refractivity contribution in [2.75, 3.05) is 13.2 Å². The normalized spacial score (nSPS) is 26.6. The summed E-state index contributed by atoms with van der Waals surface area (Å²) in [6.45, 7) is 2.47. The maximum absolute atomic E-state index is 12.3. The predicted molar refractivity (Wildman–Crippen MR) is 67.6 cm³/mol.